The maximum Gasteiger partial charge on any atom is 0.288 e. The summed E-state index contributed by atoms with van der Waals surface area (Å²) >= 11 is 5.71. The quantitative estimate of drug-likeness (QED) is 0.557. The van der Waals surface area contributed by atoms with Gasteiger partial charge in [-0.2, -0.15) is 0 Å². The normalized spacial score (nSPS) is 11.5. The first kappa shape index (κ1) is 20.3. The van der Waals surface area contributed by atoms with Crippen LogP contribution in [0.5, 0.6) is 0 Å². The van der Waals surface area contributed by atoms with Gasteiger partial charge < -0.3 is 10.6 Å². The number of nitrogens with one attached hydrogen (secondary N) is 2. The SMILES string of the molecule is C[C@H](NC(=O)c1ccc(Cl)c([N+](=O)[O-])c1)C(=O)NCCc1ccc(F)cc1. The predicted octanol–water partition coefficient (Wildman–Crippen LogP) is 2.86. The van der Waals surface area contributed by atoms with Gasteiger partial charge in [0.05, 0.1) is 4.92 Å². The molecule has 0 bridgehead atoms. The Balaban J connectivity index is 1.88. The van der Waals surface area contributed by atoms with Gasteiger partial charge in [-0.25, -0.2) is 4.39 Å². The summed E-state index contributed by atoms with van der Waals surface area (Å²) in [6.07, 6.45) is 0.510. The largest absolute Gasteiger partial charge is 0.354 e. The monoisotopic (exact) mass is 393 g/mol. The van der Waals surface area contributed by atoms with E-state index in [1.54, 1.807) is 12.1 Å². The van der Waals surface area contributed by atoms with Crippen molar-refractivity contribution in [2.75, 3.05) is 6.54 Å². The molecule has 0 aliphatic rings. The van der Waals surface area contributed by atoms with Crippen LogP contribution in [-0.4, -0.2) is 29.3 Å². The Morgan fingerprint density at radius 2 is 1.89 bits per heavy atom. The standard InChI is InChI=1S/C18H17ClFN3O4/c1-11(17(24)21-9-8-12-2-5-14(20)6-3-12)22-18(25)13-4-7-15(19)16(10-13)23(26)27/h2-7,10-11H,8-9H2,1H3,(H,21,24)(H,22,25)/t11-/m0/s1. The highest BCUT2D eigenvalue weighted by molar-refractivity contribution is 6.32. The number of hydrogen-bond donors (Lipinski definition) is 2. The highest BCUT2D eigenvalue weighted by Gasteiger charge is 2.20. The summed E-state index contributed by atoms with van der Waals surface area (Å²) in [6.45, 7) is 1.81. The van der Waals surface area contributed by atoms with E-state index in [1.165, 1.54) is 31.2 Å². The summed E-state index contributed by atoms with van der Waals surface area (Å²) in [5.41, 5.74) is 0.500. The van der Waals surface area contributed by atoms with Gasteiger partial charge >= 0.3 is 0 Å². The van der Waals surface area contributed by atoms with Gasteiger partial charge in [-0.1, -0.05) is 23.7 Å². The Labute approximate surface area is 159 Å². The topological polar surface area (TPSA) is 101 Å². The smallest absolute Gasteiger partial charge is 0.288 e. The van der Waals surface area contributed by atoms with E-state index in [9.17, 15) is 24.1 Å². The molecule has 2 aromatic rings. The van der Waals surface area contributed by atoms with Crippen molar-refractivity contribution in [2.45, 2.75) is 19.4 Å². The summed E-state index contributed by atoms with van der Waals surface area (Å²) in [5.74, 6) is -1.37. The van der Waals surface area contributed by atoms with E-state index in [4.69, 9.17) is 11.6 Å². The van der Waals surface area contributed by atoms with Gasteiger partial charge in [0, 0.05) is 18.2 Å². The minimum absolute atomic E-state index is 0.0251. The summed E-state index contributed by atoms with van der Waals surface area (Å²) in [7, 11) is 0. The molecule has 0 saturated heterocycles. The molecule has 2 aromatic carbocycles. The third-order valence-corrected chi connectivity index (χ3v) is 4.09. The van der Waals surface area contributed by atoms with Crippen LogP contribution in [0.25, 0.3) is 0 Å². The van der Waals surface area contributed by atoms with Crippen LogP contribution in [0.4, 0.5) is 10.1 Å². The lowest BCUT2D eigenvalue weighted by Gasteiger charge is -2.14. The number of nitro benzene ring substituents is 1. The Morgan fingerprint density at radius 1 is 1.22 bits per heavy atom. The van der Waals surface area contributed by atoms with Crippen molar-refractivity contribution in [1.82, 2.24) is 10.6 Å². The maximum atomic E-state index is 12.8. The second kappa shape index (κ2) is 9.09. The average molecular weight is 394 g/mol. The molecule has 0 unspecified atom stereocenters. The first-order valence-corrected chi connectivity index (χ1v) is 8.42. The van der Waals surface area contributed by atoms with Crippen LogP contribution < -0.4 is 10.6 Å². The minimum Gasteiger partial charge on any atom is -0.354 e. The third kappa shape index (κ3) is 5.75. The molecule has 0 aromatic heterocycles. The number of rotatable bonds is 7. The highest BCUT2D eigenvalue weighted by Crippen LogP contribution is 2.25. The van der Waals surface area contributed by atoms with Crippen LogP contribution >= 0.6 is 11.6 Å². The Bertz CT molecular complexity index is 858. The number of carbonyl (C=O) groups is 2. The Morgan fingerprint density at radius 3 is 2.52 bits per heavy atom. The van der Waals surface area contributed by atoms with E-state index in [-0.39, 0.29) is 22.1 Å². The van der Waals surface area contributed by atoms with E-state index in [0.29, 0.717) is 13.0 Å². The lowest BCUT2D eigenvalue weighted by Crippen LogP contribution is -2.45. The summed E-state index contributed by atoms with van der Waals surface area (Å²) in [6, 6.07) is 8.72. The zero-order chi connectivity index (χ0) is 20.0. The lowest BCUT2D eigenvalue weighted by atomic mass is 10.1. The minimum atomic E-state index is -0.847. The zero-order valence-electron chi connectivity index (χ0n) is 14.4. The molecule has 7 nitrogen and oxygen atoms in total. The van der Waals surface area contributed by atoms with Gasteiger partial charge in [0.1, 0.15) is 16.9 Å². The van der Waals surface area contributed by atoms with Crippen molar-refractivity contribution < 1.29 is 18.9 Å². The number of benzene rings is 2. The average Bonchev–Trinajstić information content (AvgIpc) is 2.63. The molecular formula is C18H17ClFN3O4. The Hall–Kier alpha value is -3.00. The molecule has 2 N–H and O–H groups in total. The van der Waals surface area contributed by atoms with Gasteiger partial charge in [0.2, 0.25) is 5.91 Å². The van der Waals surface area contributed by atoms with Crippen molar-refractivity contribution in [1.29, 1.82) is 0 Å². The fraction of sp³-hybridized carbons (Fsp3) is 0.222. The van der Waals surface area contributed by atoms with Gasteiger partial charge in [-0.15, -0.1) is 0 Å². The van der Waals surface area contributed by atoms with Crippen LogP contribution in [0.15, 0.2) is 42.5 Å². The van der Waals surface area contributed by atoms with Gasteiger partial charge in [0.15, 0.2) is 0 Å². The molecule has 0 heterocycles. The molecule has 2 rings (SSSR count). The molecule has 0 aliphatic carbocycles. The molecule has 142 valence electrons. The molecular weight excluding hydrogens is 377 g/mol. The number of amides is 2. The van der Waals surface area contributed by atoms with Crippen molar-refractivity contribution in [3.63, 3.8) is 0 Å². The molecule has 2 amide bonds. The first-order chi connectivity index (χ1) is 12.8. The van der Waals surface area contributed by atoms with Crippen LogP contribution in [0.1, 0.15) is 22.8 Å². The van der Waals surface area contributed by atoms with Crippen LogP contribution in [0.2, 0.25) is 5.02 Å². The molecule has 9 heteroatoms. The highest BCUT2D eigenvalue weighted by atomic mass is 35.5. The van der Waals surface area contributed by atoms with Gasteiger partial charge in [-0.05, 0) is 43.2 Å². The van der Waals surface area contributed by atoms with Crippen LogP contribution in [0.3, 0.4) is 0 Å². The molecule has 1 atom stereocenters. The first-order valence-electron chi connectivity index (χ1n) is 8.05. The number of hydrogen-bond acceptors (Lipinski definition) is 4. The van der Waals surface area contributed by atoms with Gasteiger partial charge in [0.25, 0.3) is 11.6 Å². The van der Waals surface area contributed by atoms with Crippen LogP contribution in [0, 0.1) is 15.9 Å². The number of halogens is 2. The number of nitrogens with zero attached hydrogens (tertiary/aromatic N) is 1. The van der Waals surface area contributed by atoms with Gasteiger partial charge in [-0.3, -0.25) is 19.7 Å². The van der Waals surface area contributed by atoms with E-state index in [0.717, 1.165) is 11.6 Å². The second-order valence-electron chi connectivity index (χ2n) is 5.79. The van der Waals surface area contributed by atoms with E-state index < -0.39 is 22.8 Å². The molecule has 0 radical (unpaired) electrons. The molecule has 0 fully saturated rings. The van der Waals surface area contributed by atoms with Crippen molar-refractivity contribution in [3.8, 4) is 0 Å². The zero-order valence-corrected chi connectivity index (χ0v) is 15.1. The molecule has 0 aliphatic heterocycles. The predicted molar refractivity (Wildman–Crippen MR) is 98.1 cm³/mol. The number of nitro groups is 1. The molecule has 0 saturated carbocycles. The maximum absolute atomic E-state index is 12.8. The number of carbonyl (C=O) groups excluding carboxylic acids is 2. The molecule has 27 heavy (non-hydrogen) atoms. The second-order valence-corrected chi connectivity index (χ2v) is 6.19. The van der Waals surface area contributed by atoms with Crippen molar-refractivity contribution in [3.05, 3.63) is 74.5 Å². The van der Waals surface area contributed by atoms with E-state index >= 15 is 0 Å². The van der Waals surface area contributed by atoms with E-state index in [1.807, 2.05) is 0 Å². The fourth-order valence-corrected chi connectivity index (χ4v) is 2.46. The third-order valence-electron chi connectivity index (χ3n) is 3.77. The van der Waals surface area contributed by atoms with E-state index in [2.05, 4.69) is 10.6 Å². The molecule has 0 spiro atoms. The summed E-state index contributed by atoms with van der Waals surface area (Å²) in [5, 5.41) is 15.9. The van der Waals surface area contributed by atoms with Crippen LogP contribution in [-0.2, 0) is 11.2 Å². The summed E-state index contributed by atoms with van der Waals surface area (Å²) in [4.78, 5) is 34.4. The van der Waals surface area contributed by atoms with Crippen molar-refractivity contribution in [2.24, 2.45) is 0 Å². The Kier molecular flexibility index (Phi) is 6.84. The fourth-order valence-electron chi connectivity index (χ4n) is 2.27. The summed E-state index contributed by atoms with van der Waals surface area (Å²) < 4.78 is 12.8. The lowest BCUT2D eigenvalue weighted by molar-refractivity contribution is -0.384. The van der Waals surface area contributed by atoms with Crippen molar-refractivity contribution >= 4 is 29.1 Å².